The number of rotatable bonds is 3. The first kappa shape index (κ1) is 21.6. The number of halogens is 1. The molecule has 0 saturated heterocycles. The van der Waals surface area contributed by atoms with E-state index in [0.29, 0.717) is 18.0 Å². The molecule has 5 nitrogen and oxygen atoms in total. The number of nitrogens with zero attached hydrogens (tertiary/aromatic N) is 1. The Labute approximate surface area is 207 Å². The highest BCUT2D eigenvalue weighted by Gasteiger charge is 2.35. The standard InChI is InChI=1S/C29H23ClN2O3/c1-16-3-2-4-22-26(34)13-25-28(27(16)22)20(14-30)15-32(25)29(35)19-6-5-18-11-23(31-24(18)12-19)17-7-9-21(33)10-8-17/h2-13,20,31,33-34H,14-15H2,1H3. The van der Waals surface area contributed by atoms with Crippen molar-refractivity contribution in [2.45, 2.75) is 12.8 Å². The van der Waals surface area contributed by atoms with Crippen molar-refractivity contribution < 1.29 is 15.0 Å². The van der Waals surface area contributed by atoms with Crippen LogP contribution in [0.25, 0.3) is 32.9 Å². The van der Waals surface area contributed by atoms with E-state index >= 15 is 0 Å². The summed E-state index contributed by atoms with van der Waals surface area (Å²) < 4.78 is 0. The van der Waals surface area contributed by atoms with Gasteiger partial charge in [0.15, 0.2) is 0 Å². The number of nitrogens with one attached hydrogen (secondary N) is 1. The summed E-state index contributed by atoms with van der Waals surface area (Å²) in [5.41, 5.74) is 6.06. The normalized spacial score (nSPS) is 15.1. The Kier molecular flexibility index (Phi) is 4.97. The van der Waals surface area contributed by atoms with Crippen LogP contribution < -0.4 is 4.90 Å². The number of carbonyl (C=O) groups excluding carboxylic acids is 1. The third-order valence-electron chi connectivity index (χ3n) is 6.95. The zero-order chi connectivity index (χ0) is 24.3. The summed E-state index contributed by atoms with van der Waals surface area (Å²) in [6.45, 7) is 2.48. The van der Waals surface area contributed by atoms with Crippen molar-refractivity contribution in [2.24, 2.45) is 0 Å². The summed E-state index contributed by atoms with van der Waals surface area (Å²) in [5, 5.41) is 23.1. The Hall–Kier alpha value is -3.96. The van der Waals surface area contributed by atoms with Crippen LogP contribution in [0.3, 0.4) is 0 Å². The average molecular weight is 483 g/mol. The minimum Gasteiger partial charge on any atom is -0.508 e. The molecule has 0 saturated carbocycles. The molecule has 0 radical (unpaired) electrons. The lowest BCUT2D eigenvalue weighted by molar-refractivity contribution is 0.0988. The molecule has 2 heterocycles. The van der Waals surface area contributed by atoms with Crippen molar-refractivity contribution in [1.29, 1.82) is 0 Å². The number of phenolic OH excluding ortho intramolecular Hbond substituents is 2. The predicted molar refractivity (Wildman–Crippen MR) is 141 cm³/mol. The van der Waals surface area contributed by atoms with Gasteiger partial charge in [-0.3, -0.25) is 4.79 Å². The maximum absolute atomic E-state index is 13.7. The molecule has 0 bridgehead atoms. The SMILES string of the molecule is Cc1cccc2c(O)cc3c(c12)C(CCl)CN3C(=O)c1ccc2cc(-c3ccc(O)cc3)[nH]c2c1. The highest BCUT2D eigenvalue weighted by atomic mass is 35.5. The lowest BCUT2D eigenvalue weighted by atomic mass is 9.92. The number of aryl methyl sites for hydroxylation is 1. The van der Waals surface area contributed by atoms with Crippen molar-refractivity contribution in [1.82, 2.24) is 4.98 Å². The fraction of sp³-hybridized carbons (Fsp3) is 0.138. The molecule has 1 aliphatic heterocycles. The molecule has 1 amide bonds. The van der Waals surface area contributed by atoms with Crippen molar-refractivity contribution in [2.75, 3.05) is 17.3 Å². The molecule has 5 aromatic rings. The van der Waals surface area contributed by atoms with Crippen LogP contribution in [-0.4, -0.2) is 33.5 Å². The molecule has 0 spiro atoms. The largest absolute Gasteiger partial charge is 0.508 e. The first-order chi connectivity index (χ1) is 16.9. The molecule has 6 heteroatoms. The topological polar surface area (TPSA) is 76.6 Å². The van der Waals surface area contributed by atoms with E-state index in [1.807, 2.05) is 61.5 Å². The van der Waals surface area contributed by atoms with E-state index in [1.54, 1.807) is 23.1 Å². The van der Waals surface area contributed by atoms with E-state index in [-0.39, 0.29) is 23.3 Å². The lowest BCUT2D eigenvalue weighted by Crippen LogP contribution is -2.30. The number of H-pyrrole nitrogens is 1. The number of fused-ring (bicyclic) bond motifs is 4. The van der Waals surface area contributed by atoms with Crippen molar-refractivity contribution in [3.05, 3.63) is 89.5 Å². The first-order valence-corrected chi connectivity index (χ1v) is 12.0. The molecule has 1 unspecified atom stereocenters. The molecule has 0 fully saturated rings. The third-order valence-corrected chi connectivity index (χ3v) is 7.32. The maximum atomic E-state index is 13.7. The smallest absolute Gasteiger partial charge is 0.258 e. The Morgan fingerprint density at radius 2 is 1.86 bits per heavy atom. The zero-order valence-electron chi connectivity index (χ0n) is 19.0. The van der Waals surface area contributed by atoms with E-state index in [9.17, 15) is 15.0 Å². The van der Waals surface area contributed by atoms with Crippen molar-refractivity contribution in [3.8, 4) is 22.8 Å². The van der Waals surface area contributed by atoms with Crippen LogP contribution in [0.15, 0.2) is 72.8 Å². The molecule has 1 aromatic heterocycles. The van der Waals surface area contributed by atoms with Gasteiger partial charge in [0, 0.05) is 52.0 Å². The number of alkyl halides is 1. The fourth-order valence-corrected chi connectivity index (χ4v) is 5.48. The Morgan fingerprint density at radius 3 is 2.63 bits per heavy atom. The Morgan fingerprint density at radius 1 is 1.06 bits per heavy atom. The molecular weight excluding hydrogens is 460 g/mol. The molecule has 0 aliphatic carbocycles. The molecule has 6 rings (SSSR count). The van der Waals surface area contributed by atoms with Crippen molar-refractivity contribution >= 4 is 44.9 Å². The van der Waals surface area contributed by atoms with Crippen molar-refractivity contribution in [3.63, 3.8) is 0 Å². The summed E-state index contributed by atoms with van der Waals surface area (Å²) in [7, 11) is 0. The van der Waals surface area contributed by atoms with Crippen LogP contribution in [0.4, 0.5) is 5.69 Å². The van der Waals surface area contributed by atoms with Gasteiger partial charge in [-0.05, 0) is 71.5 Å². The van der Waals surface area contributed by atoms with Crippen LogP contribution in [0.2, 0.25) is 0 Å². The summed E-state index contributed by atoms with van der Waals surface area (Å²) in [4.78, 5) is 18.8. The molecule has 3 N–H and O–H groups in total. The number of hydrogen-bond acceptors (Lipinski definition) is 3. The summed E-state index contributed by atoms with van der Waals surface area (Å²) in [5.74, 6) is 0.613. The summed E-state index contributed by atoms with van der Waals surface area (Å²) >= 11 is 6.37. The molecule has 1 aliphatic rings. The average Bonchev–Trinajstić information content (AvgIpc) is 3.45. The highest BCUT2D eigenvalue weighted by Crippen LogP contribution is 2.46. The van der Waals surface area contributed by atoms with Crippen LogP contribution in [0.5, 0.6) is 11.5 Å². The number of carbonyl (C=O) groups is 1. The number of hydrogen-bond donors (Lipinski definition) is 3. The van der Waals surface area contributed by atoms with Gasteiger partial charge in [-0.2, -0.15) is 0 Å². The second-order valence-corrected chi connectivity index (χ2v) is 9.43. The van der Waals surface area contributed by atoms with Gasteiger partial charge in [-0.15, -0.1) is 11.6 Å². The molecular formula is C29H23ClN2O3. The van der Waals surface area contributed by atoms with E-state index in [0.717, 1.165) is 49.7 Å². The van der Waals surface area contributed by atoms with Gasteiger partial charge in [-0.25, -0.2) is 0 Å². The number of phenols is 2. The molecule has 1 atom stereocenters. The van der Waals surface area contributed by atoms with E-state index in [2.05, 4.69) is 4.98 Å². The minimum atomic E-state index is -0.131. The predicted octanol–water partition coefficient (Wildman–Crippen LogP) is 6.69. The molecule has 35 heavy (non-hydrogen) atoms. The fourth-order valence-electron chi connectivity index (χ4n) is 5.23. The second-order valence-electron chi connectivity index (χ2n) is 9.12. The van der Waals surface area contributed by atoms with E-state index in [4.69, 9.17) is 11.6 Å². The quantitative estimate of drug-likeness (QED) is 0.251. The zero-order valence-corrected chi connectivity index (χ0v) is 19.8. The minimum absolute atomic E-state index is 0.0184. The van der Waals surface area contributed by atoms with Gasteiger partial charge in [0.05, 0.1) is 5.69 Å². The van der Waals surface area contributed by atoms with Crippen LogP contribution in [0, 0.1) is 6.92 Å². The second kappa shape index (κ2) is 8.07. The van der Waals surface area contributed by atoms with Gasteiger partial charge >= 0.3 is 0 Å². The van der Waals surface area contributed by atoms with Gasteiger partial charge in [0.1, 0.15) is 11.5 Å². The number of amides is 1. The monoisotopic (exact) mass is 482 g/mol. The van der Waals surface area contributed by atoms with E-state index < -0.39 is 0 Å². The van der Waals surface area contributed by atoms with E-state index in [1.165, 1.54) is 0 Å². The summed E-state index contributed by atoms with van der Waals surface area (Å²) in [6.07, 6.45) is 0. The van der Waals surface area contributed by atoms with Gasteiger partial charge in [-0.1, -0.05) is 24.3 Å². The van der Waals surface area contributed by atoms with Gasteiger partial charge in [0.2, 0.25) is 0 Å². The number of aromatic amines is 1. The summed E-state index contributed by atoms with van der Waals surface area (Å²) in [6, 6.07) is 22.2. The number of aromatic nitrogens is 1. The molecule has 4 aromatic carbocycles. The number of benzene rings is 4. The van der Waals surface area contributed by atoms with Crippen LogP contribution >= 0.6 is 11.6 Å². The van der Waals surface area contributed by atoms with Gasteiger partial charge in [0.25, 0.3) is 5.91 Å². The number of anilines is 1. The highest BCUT2D eigenvalue weighted by molar-refractivity contribution is 6.19. The first-order valence-electron chi connectivity index (χ1n) is 11.5. The third kappa shape index (κ3) is 3.43. The van der Waals surface area contributed by atoms with Crippen LogP contribution in [0.1, 0.15) is 27.4 Å². The van der Waals surface area contributed by atoms with Crippen LogP contribution in [-0.2, 0) is 0 Å². The lowest BCUT2D eigenvalue weighted by Gasteiger charge is -2.19. The Balaban J connectivity index is 1.42. The maximum Gasteiger partial charge on any atom is 0.258 e. The Bertz CT molecular complexity index is 1620. The number of aromatic hydroxyl groups is 2. The molecule has 174 valence electrons. The van der Waals surface area contributed by atoms with Gasteiger partial charge < -0.3 is 20.1 Å².